The van der Waals surface area contributed by atoms with E-state index in [1.165, 1.54) is 0 Å². The Labute approximate surface area is 187 Å². The van der Waals surface area contributed by atoms with Crippen LogP contribution in [0.15, 0.2) is 30.3 Å². The van der Waals surface area contributed by atoms with E-state index in [1.807, 2.05) is 6.07 Å². The average Bonchev–Trinajstić information content (AvgIpc) is 2.66. The quantitative estimate of drug-likeness (QED) is 0.477. The maximum Gasteiger partial charge on any atom is 0.408 e. The van der Waals surface area contributed by atoms with E-state index < -0.39 is 47.4 Å². The Kier molecular flexibility index (Phi) is 9.49. The molecule has 0 aliphatic rings. The van der Waals surface area contributed by atoms with Crippen LogP contribution in [-0.4, -0.2) is 54.5 Å². The molecule has 0 spiro atoms. The highest BCUT2D eigenvalue weighted by Gasteiger charge is 2.41. The standard InChI is InChI=1S/C22H32N2O8/c1-21(2,3)31-18(26)16(24-20(28)32-22(4,5)6)15(17(25)29-7)23-19(27)30-13-14-11-9-8-10-12-14/h8-12,15-16H,13H2,1-7H3,(H,23,27)(H,24,28)/t15-,16-/m0/s1. The number of benzene rings is 1. The predicted molar refractivity (Wildman–Crippen MR) is 115 cm³/mol. The van der Waals surface area contributed by atoms with Crippen molar-refractivity contribution in [2.75, 3.05) is 7.11 Å². The number of hydrogen-bond donors (Lipinski definition) is 2. The zero-order valence-electron chi connectivity index (χ0n) is 19.5. The smallest absolute Gasteiger partial charge is 0.408 e. The Morgan fingerprint density at radius 3 is 1.78 bits per heavy atom. The molecule has 2 amide bonds. The highest BCUT2D eigenvalue weighted by atomic mass is 16.6. The van der Waals surface area contributed by atoms with Crippen molar-refractivity contribution >= 4 is 24.1 Å². The molecule has 32 heavy (non-hydrogen) atoms. The van der Waals surface area contributed by atoms with Gasteiger partial charge >= 0.3 is 24.1 Å². The number of ether oxygens (including phenoxy) is 4. The van der Waals surface area contributed by atoms with Gasteiger partial charge in [0.25, 0.3) is 0 Å². The van der Waals surface area contributed by atoms with E-state index in [0.29, 0.717) is 5.56 Å². The van der Waals surface area contributed by atoms with Gasteiger partial charge in [-0.2, -0.15) is 0 Å². The van der Waals surface area contributed by atoms with E-state index in [1.54, 1.807) is 65.8 Å². The van der Waals surface area contributed by atoms with Gasteiger partial charge in [0.05, 0.1) is 7.11 Å². The summed E-state index contributed by atoms with van der Waals surface area (Å²) in [5, 5.41) is 4.55. The third-order valence-electron chi connectivity index (χ3n) is 3.61. The molecule has 10 heteroatoms. The molecule has 0 aliphatic carbocycles. The molecule has 1 aromatic rings. The molecule has 178 valence electrons. The van der Waals surface area contributed by atoms with Crippen LogP contribution in [0.3, 0.4) is 0 Å². The van der Waals surface area contributed by atoms with Gasteiger partial charge in [0.15, 0.2) is 12.1 Å². The van der Waals surface area contributed by atoms with Gasteiger partial charge < -0.3 is 29.6 Å². The number of hydrogen-bond acceptors (Lipinski definition) is 8. The second kappa shape index (κ2) is 11.4. The molecule has 1 rings (SSSR count). The molecule has 2 N–H and O–H groups in total. The second-order valence-electron chi connectivity index (χ2n) is 8.86. The van der Waals surface area contributed by atoms with Gasteiger partial charge in [-0.3, -0.25) is 0 Å². The van der Waals surface area contributed by atoms with Crippen LogP contribution in [0.25, 0.3) is 0 Å². The van der Waals surface area contributed by atoms with Gasteiger partial charge in [0.2, 0.25) is 0 Å². The van der Waals surface area contributed by atoms with Gasteiger partial charge in [-0.1, -0.05) is 30.3 Å². The second-order valence-corrected chi connectivity index (χ2v) is 8.86. The molecule has 0 fully saturated rings. The highest BCUT2D eigenvalue weighted by Crippen LogP contribution is 2.13. The number of alkyl carbamates (subject to hydrolysis) is 2. The molecule has 0 aliphatic heterocycles. The number of carbonyl (C=O) groups is 4. The van der Waals surface area contributed by atoms with Crippen molar-refractivity contribution in [3.05, 3.63) is 35.9 Å². The first kappa shape index (κ1) is 26.7. The van der Waals surface area contributed by atoms with Crippen LogP contribution in [0.1, 0.15) is 47.1 Å². The third-order valence-corrected chi connectivity index (χ3v) is 3.61. The molecular formula is C22H32N2O8. The first-order chi connectivity index (χ1) is 14.7. The maximum absolute atomic E-state index is 12.8. The number of methoxy groups -OCH3 is 1. The summed E-state index contributed by atoms with van der Waals surface area (Å²) in [6.07, 6.45) is -1.98. The number of esters is 2. The molecule has 0 aromatic heterocycles. The lowest BCUT2D eigenvalue weighted by Crippen LogP contribution is -2.60. The third kappa shape index (κ3) is 10.1. The van der Waals surface area contributed by atoms with E-state index in [2.05, 4.69) is 10.6 Å². The minimum absolute atomic E-state index is 0.0723. The number of amides is 2. The van der Waals surface area contributed by atoms with Crippen molar-refractivity contribution in [2.24, 2.45) is 0 Å². The lowest BCUT2D eigenvalue weighted by Gasteiger charge is -2.29. The van der Waals surface area contributed by atoms with E-state index in [-0.39, 0.29) is 6.61 Å². The Morgan fingerprint density at radius 2 is 1.28 bits per heavy atom. The summed E-state index contributed by atoms with van der Waals surface area (Å²) in [7, 11) is 1.08. The van der Waals surface area contributed by atoms with Crippen LogP contribution in [0.4, 0.5) is 9.59 Å². The largest absolute Gasteiger partial charge is 0.467 e. The first-order valence-electron chi connectivity index (χ1n) is 9.99. The van der Waals surface area contributed by atoms with Crippen molar-refractivity contribution in [3.63, 3.8) is 0 Å². The van der Waals surface area contributed by atoms with Gasteiger partial charge in [-0.15, -0.1) is 0 Å². The maximum atomic E-state index is 12.8. The summed E-state index contributed by atoms with van der Waals surface area (Å²) in [4.78, 5) is 49.8. The summed E-state index contributed by atoms with van der Waals surface area (Å²) in [6, 6.07) is 5.59. The fourth-order valence-corrected chi connectivity index (χ4v) is 2.38. The van der Waals surface area contributed by atoms with Crippen molar-refractivity contribution in [1.29, 1.82) is 0 Å². The highest BCUT2D eigenvalue weighted by molar-refractivity contribution is 5.92. The summed E-state index contributed by atoms with van der Waals surface area (Å²) < 4.78 is 20.3. The van der Waals surface area contributed by atoms with E-state index >= 15 is 0 Å². The first-order valence-corrected chi connectivity index (χ1v) is 9.99. The van der Waals surface area contributed by atoms with E-state index in [9.17, 15) is 19.2 Å². The van der Waals surface area contributed by atoms with Crippen molar-refractivity contribution in [3.8, 4) is 0 Å². The number of nitrogens with one attached hydrogen (secondary N) is 2. The lowest BCUT2D eigenvalue weighted by molar-refractivity contribution is -0.162. The fraction of sp³-hybridized carbons (Fsp3) is 0.545. The van der Waals surface area contributed by atoms with Crippen LogP contribution in [0.5, 0.6) is 0 Å². The van der Waals surface area contributed by atoms with Crippen molar-refractivity contribution in [2.45, 2.75) is 71.4 Å². The molecule has 0 bridgehead atoms. The topological polar surface area (TPSA) is 129 Å². The fourth-order valence-electron chi connectivity index (χ4n) is 2.38. The van der Waals surface area contributed by atoms with Crippen LogP contribution in [0, 0.1) is 0 Å². The monoisotopic (exact) mass is 452 g/mol. The summed E-state index contributed by atoms with van der Waals surface area (Å²) >= 11 is 0. The Bertz CT molecular complexity index is 796. The summed E-state index contributed by atoms with van der Waals surface area (Å²) in [5.74, 6) is -1.96. The van der Waals surface area contributed by atoms with Crippen LogP contribution >= 0.6 is 0 Å². The van der Waals surface area contributed by atoms with Crippen molar-refractivity contribution in [1.82, 2.24) is 10.6 Å². The van der Waals surface area contributed by atoms with E-state index in [0.717, 1.165) is 7.11 Å². The minimum atomic E-state index is -1.64. The molecule has 0 unspecified atom stereocenters. The normalized spacial score (nSPS) is 13.2. The average molecular weight is 453 g/mol. The van der Waals surface area contributed by atoms with Crippen molar-refractivity contribution < 1.29 is 38.1 Å². The molecule has 1 aromatic carbocycles. The SMILES string of the molecule is COC(=O)[C@@H](NC(=O)OCc1ccccc1)[C@H](NC(=O)OC(C)(C)C)C(=O)OC(C)(C)C. The van der Waals surface area contributed by atoms with Crippen LogP contribution in [-0.2, 0) is 35.1 Å². The molecule has 2 atom stereocenters. The molecule has 0 radical (unpaired) electrons. The molecule has 10 nitrogen and oxygen atoms in total. The molecule has 0 heterocycles. The molecule has 0 saturated heterocycles. The van der Waals surface area contributed by atoms with Gasteiger partial charge in [-0.25, -0.2) is 19.2 Å². The van der Waals surface area contributed by atoms with Gasteiger partial charge in [-0.05, 0) is 47.1 Å². The Hall–Kier alpha value is -3.30. The lowest BCUT2D eigenvalue weighted by atomic mass is 10.1. The summed E-state index contributed by atoms with van der Waals surface area (Å²) in [5.41, 5.74) is -1.09. The Balaban J connectivity index is 3.06. The Morgan fingerprint density at radius 1 is 0.781 bits per heavy atom. The number of rotatable bonds is 7. The zero-order valence-corrected chi connectivity index (χ0v) is 19.5. The zero-order chi connectivity index (χ0) is 24.5. The van der Waals surface area contributed by atoms with Crippen LogP contribution in [0.2, 0.25) is 0 Å². The summed E-state index contributed by atoms with van der Waals surface area (Å²) in [6.45, 7) is 9.67. The molecule has 0 saturated carbocycles. The number of carbonyl (C=O) groups excluding carboxylic acids is 4. The van der Waals surface area contributed by atoms with E-state index in [4.69, 9.17) is 18.9 Å². The van der Waals surface area contributed by atoms with Gasteiger partial charge in [0, 0.05) is 0 Å². The van der Waals surface area contributed by atoms with Gasteiger partial charge in [0.1, 0.15) is 17.8 Å². The van der Waals surface area contributed by atoms with Crippen LogP contribution < -0.4 is 10.6 Å². The predicted octanol–water partition coefficient (Wildman–Crippen LogP) is 2.69. The molecular weight excluding hydrogens is 420 g/mol. The minimum Gasteiger partial charge on any atom is -0.467 e.